The molecule has 1 aliphatic heterocycles. The predicted molar refractivity (Wildman–Crippen MR) is 81.9 cm³/mol. The Hall–Kier alpha value is -1.81. The Morgan fingerprint density at radius 3 is 2.81 bits per heavy atom. The summed E-state index contributed by atoms with van der Waals surface area (Å²) in [6, 6.07) is 5.85. The summed E-state index contributed by atoms with van der Waals surface area (Å²) >= 11 is 0. The van der Waals surface area contributed by atoms with E-state index in [0.717, 1.165) is 35.1 Å². The van der Waals surface area contributed by atoms with Gasteiger partial charge in [-0.05, 0) is 44.9 Å². The Morgan fingerprint density at radius 1 is 1.33 bits per heavy atom. The van der Waals surface area contributed by atoms with E-state index in [1.54, 1.807) is 0 Å². The zero-order valence-corrected chi connectivity index (χ0v) is 12.5. The maximum absolute atomic E-state index is 12.7. The van der Waals surface area contributed by atoms with Crippen LogP contribution in [0, 0.1) is 5.92 Å². The molecule has 21 heavy (non-hydrogen) atoms. The monoisotopic (exact) mass is 287 g/mol. The summed E-state index contributed by atoms with van der Waals surface area (Å²) in [4.78, 5) is 15.9. The van der Waals surface area contributed by atoms with E-state index < -0.39 is 0 Å². The molecule has 0 saturated carbocycles. The van der Waals surface area contributed by atoms with Crippen LogP contribution in [0.4, 0.5) is 0 Å². The van der Waals surface area contributed by atoms with Gasteiger partial charge in [0.15, 0.2) is 5.78 Å². The Balaban J connectivity index is 1.92. The van der Waals surface area contributed by atoms with E-state index in [0.29, 0.717) is 13.2 Å². The predicted octanol–water partition coefficient (Wildman–Crippen LogP) is 3.56. The fourth-order valence-corrected chi connectivity index (χ4v) is 2.83. The first-order chi connectivity index (χ1) is 10.1. The van der Waals surface area contributed by atoms with Crippen LogP contribution in [0.3, 0.4) is 0 Å². The van der Waals surface area contributed by atoms with Crippen molar-refractivity contribution in [1.82, 2.24) is 4.98 Å². The van der Waals surface area contributed by atoms with Crippen LogP contribution < -0.4 is 4.74 Å². The van der Waals surface area contributed by atoms with Gasteiger partial charge < -0.3 is 14.5 Å². The first kappa shape index (κ1) is 14.1. The lowest BCUT2D eigenvalue weighted by atomic mass is 9.91. The molecule has 3 rings (SSSR count). The second kappa shape index (κ2) is 5.90. The van der Waals surface area contributed by atoms with Gasteiger partial charge in [0.25, 0.3) is 0 Å². The minimum Gasteiger partial charge on any atom is -0.491 e. The number of H-pyrrole nitrogens is 1. The molecule has 0 atom stereocenters. The van der Waals surface area contributed by atoms with Crippen molar-refractivity contribution >= 4 is 16.7 Å². The number of carbonyl (C=O) groups is 1. The molecule has 1 N–H and O–H groups in total. The van der Waals surface area contributed by atoms with E-state index >= 15 is 0 Å². The van der Waals surface area contributed by atoms with Gasteiger partial charge in [-0.2, -0.15) is 0 Å². The van der Waals surface area contributed by atoms with Gasteiger partial charge in [-0.3, -0.25) is 4.79 Å². The molecule has 0 aliphatic carbocycles. The molecule has 4 nitrogen and oxygen atoms in total. The van der Waals surface area contributed by atoms with Crippen molar-refractivity contribution in [2.45, 2.75) is 32.8 Å². The molecule has 2 heterocycles. The van der Waals surface area contributed by atoms with Gasteiger partial charge in [-0.15, -0.1) is 0 Å². The van der Waals surface area contributed by atoms with Crippen molar-refractivity contribution in [3.8, 4) is 5.75 Å². The maximum Gasteiger partial charge on any atom is 0.168 e. The van der Waals surface area contributed by atoms with E-state index in [9.17, 15) is 4.79 Å². The molecule has 112 valence electrons. The van der Waals surface area contributed by atoms with Gasteiger partial charge in [0.2, 0.25) is 0 Å². The van der Waals surface area contributed by atoms with Crippen LogP contribution in [0.5, 0.6) is 5.75 Å². The Kier molecular flexibility index (Phi) is 3.97. The van der Waals surface area contributed by atoms with Crippen LogP contribution in [-0.4, -0.2) is 30.1 Å². The third-order valence-corrected chi connectivity index (χ3v) is 3.88. The van der Waals surface area contributed by atoms with Crippen molar-refractivity contribution in [2.24, 2.45) is 5.92 Å². The number of aromatic nitrogens is 1. The van der Waals surface area contributed by atoms with Crippen molar-refractivity contribution in [1.29, 1.82) is 0 Å². The fraction of sp³-hybridized carbons (Fsp3) is 0.471. The summed E-state index contributed by atoms with van der Waals surface area (Å²) in [7, 11) is 0. The quantitative estimate of drug-likeness (QED) is 0.875. The van der Waals surface area contributed by atoms with Crippen LogP contribution in [0.2, 0.25) is 0 Å². The van der Waals surface area contributed by atoms with Crippen LogP contribution in [0.1, 0.15) is 37.0 Å². The van der Waals surface area contributed by atoms with E-state index in [1.165, 1.54) is 0 Å². The Bertz CT molecular complexity index is 639. The van der Waals surface area contributed by atoms with Crippen LogP contribution in [0.15, 0.2) is 24.4 Å². The number of hydrogen-bond donors (Lipinski definition) is 1. The van der Waals surface area contributed by atoms with Crippen molar-refractivity contribution in [3.63, 3.8) is 0 Å². The molecule has 0 spiro atoms. The van der Waals surface area contributed by atoms with Gasteiger partial charge in [0, 0.05) is 41.8 Å². The van der Waals surface area contributed by atoms with Crippen molar-refractivity contribution in [3.05, 3.63) is 30.0 Å². The molecule has 0 amide bonds. The smallest absolute Gasteiger partial charge is 0.168 e. The topological polar surface area (TPSA) is 51.3 Å². The number of rotatable bonds is 4. The minimum atomic E-state index is 0.0763. The number of hydrogen-bond acceptors (Lipinski definition) is 3. The molecule has 1 saturated heterocycles. The summed E-state index contributed by atoms with van der Waals surface area (Å²) in [6.45, 7) is 5.35. The van der Waals surface area contributed by atoms with Crippen LogP contribution in [-0.2, 0) is 4.74 Å². The second-order valence-electron chi connectivity index (χ2n) is 5.83. The lowest BCUT2D eigenvalue weighted by Gasteiger charge is -2.20. The molecule has 1 aliphatic rings. The van der Waals surface area contributed by atoms with Gasteiger partial charge in [-0.1, -0.05) is 0 Å². The number of fused-ring (bicyclic) bond motifs is 1. The first-order valence-electron chi connectivity index (χ1n) is 7.55. The van der Waals surface area contributed by atoms with Gasteiger partial charge in [-0.25, -0.2) is 0 Å². The van der Waals surface area contributed by atoms with E-state index in [1.807, 2.05) is 38.2 Å². The van der Waals surface area contributed by atoms with E-state index in [2.05, 4.69) is 4.98 Å². The number of Topliss-reactive ketones (excluding diaryl/α,β-unsaturated/α-hetero) is 1. The third-order valence-electron chi connectivity index (χ3n) is 3.88. The van der Waals surface area contributed by atoms with Gasteiger partial charge >= 0.3 is 0 Å². The zero-order chi connectivity index (χ0) is 14.8. The van der Waals surface area contributed by atoms with Gasteiger partial charge in [0.1, 0.15) is 5.75 Å². The standard InChI is InChI=1S/C17H21NO3/c1-11(2)21-13-3-4-16-14(9-13)15(10-18-16)17(19)12-5-7-20-8-6-12/h3-4,9-12,18H,5-8H2,1-2H3. The molecule has 4 heteroatoms. The molecule has 1 aromatic heterocycles. The SMILES string of the molecule is CC(C)Oc1ccc2[nH]cc(C(=O)C3CCOCC3)c2c1. The molecule has 0 bridgehead atoms. The number of nitrogens with one attached hydrogen (secondary N) is 1. The summed E-state index contributed by atoms with van der Waals surface area (Å²) < 4.78 is 11.1. The Morgan fingerprint density at radius 2 is 2.10 bits per heavy atom. The highest BCUT2D eigenvalue weighted by molar-refractivity contribution is 6.09. The normalized spacial score (nSPS) is 16.5. The lowest BCUT2D eigenvalue weighted by molar-refractivity contribution is 0.0546. The van der Waals surface area contributed by atoms with Crippen LogP contribution in [0.25, 0.3) is 10.9 Å². The third kappa shape index (κ3) is 2.95. The van der Waals surface area contributed by atoms with E-state index in [4.69, 9.17) is 9.47 Å². The molecule has 1 fully saturated rings. The number of ketones is 1. The fourth-order valence-electron chi connectivity index (χ4n) is 2.83. The summed E-state index contributed by atoms with van der Waals surface area (Å²) in [5.41, 5.74) is 1.74. The minimum absolute atomic E-state index is 0.0763. The molecular weight excluding hydrogens is 266 g/mol. The average Bonchev–Trinajstić information content (AvgIpc) is 2.90. The molecule has 0 unspecified atom stereocenters. The first-order valence-corrected chi connectivity index (χ1v) is 7.55. The zero-order valence-electron chi connectivity index (χ0n) is 12.5. The molecule has 0 radical (unpaired) electrons. The molecular formula is C17H21NO3. The average molecular weight is 287 g/mol. The van der Waals surface area contributed by atoms with Gasteiger partial charge in [0.05, 0.1) is 6.10 Å². The number of ether oxygens (including phenoxy) is 2. The van der Waals surface area contributed by atoms with E-state index in [-0.39, 0.29) is 17.8 Å². The lowest BCUT2D eigenvalue weighted by Crippen LogP contribution is -2.23. The van der Waals surface area contributed by atoms with Crippen molar-refractivity contribution in [2.75, 3.05) is 13.2 Å². The maximum atomic E-state index is 12.7. The van der Waals surface area contributed by atoms with Crippen LogP contribution >= 0.6 is 0 Å². The second-order valence-corrected chi connectivity index (χ2v) is 5.83. The summed E-state index contributed by atoms with van der Waals surface area (Å²) in [5.74, 6) is 1.09. The highest BCUT2D eigenvalue weighted by Crippen LogP contribution is 2.28. The Labute approximate surface area is 124 Å². The highest BCUT2D eigenvalue weighted by Gasteiger charge is 2.25. The number of aromatic amines is 1. The molecule has 1 aromatic carbocycles. The number of benzene rings is 1. The van der Waals surface area contributed by atoms with Crippen molar-refractivity contribution < 1.29 is 14.3 Å². The summed E-state index contributed by atoms with van der Waals surface area (Å²) in [5, 5.41) is 0.949. The number of carbonyl (C=O) groups excluding carboxylic acids is 1. The highest BCUT2D eigenvalue weighted by atomic mass is 16.5. The largest absolute Gasteiger partial charge is 0.491 e. The summed E-state index contributed by atoms with van der Waals surface area (Å²) in [6.07, 6.45) is 3.57. The molecule has 2 aromatic rings.